The summed E-state index contributed by atoms with van der Waals surface area (Å²) >= 11 is 1.52. The zero-order valence-electron chi connectivity index (χ0n) is 13.9. The quantitative estimate of drug-likeness (QED) is 0.714. The molecule has 1 aromatic carbocycles. The fourth-order valence-electron chi connectivity index (χ4n) is 2.41. The summed E-state index contributed by atoms with van der Waals surface area (Å²) in [6, 6.07) is 9.10. The second kappa shape index (κ2) is 7.06. The highest BCUT2D eigenvalue weighted by Crippen LogP contribution is 2.36. The molecule has 0 unspecified atom stereocenters. The maximum absolute atomic E-state index is 12.2. The standard InChI is InChI=1S/C17H15F3N2O3S/c1-16(11-3-5-12(6-4-11)24-17(18,19)20)9-14(22-25-16)23-13-7-8-15(26-2)21-10-13/h3-8,10H,9H2,1-2H3/t16-/m0/s1. The number of pyridine rings is 1. The highest BCUT2D eigenvalue weighted by molar-refractivity contribution is 7.98. The molecule has 0 bridgehead atoms. The average molecular weight is 384 g/mol. The Labute approximate surface area is 152 Å². The molecule has 0 saturated carbocycles. The van der Waals surface area contributed by atoms with Gasteiger partial charge in [0, 0.05) is 0 Å². The van der Waals surface area contributed by atoms with E-state index in [1.54, 1.807) is 19.2 Å². The number of thioether (sulfide) groups is 1. The zero-order chi connectivity index (χ0) is 18.8. The van der Waals surface area contributed by atoms with E-state index < -0.39 is 12.0 Å². The van der Waals surface area contributed by atoms with Crippen LogP contribution < -0.4 is 9.47 Å². The Bertz CT molecular complexity index is 794. The number of halogens is 3. The molecule has 0 spiro atoms. The van der Waals surface area contributed by atoms with Gasteiger partial charge in [0.15, 0.2) is 5.60 Å². The second-order valence-corrected chi connectivity index (χ2v) is 6.52. The molecule has 26 heavy (non-hydrogen) atoms. The van der Waals surface area contributed by atoms with Crippen molar-refractivity contribution in [1.82, 2.24) is 4.98 Å². The fourth-order valence-corrected chi connectivity index (χ4v) is 2.77. The molecule has 5 nitrogen and oxygen atoms in total. The highest BCUT2D eigenvalue weighted by Gasteiger charge is 2.38. The van der Waals surface area contributed by atoms with Crippen LogP contribution in [-0.4, -0.2) is 23.5 Å². The van der Waals surface area contributed by atoms with E-state index in [-0.39, 0.29) is 5.75 Å². The van der Waals surface area contributed by atoms with Crippen molar-refractivity contribution in [1.29, 1.82) is 0 Å². The number of oxime groups is 1. The lowest BCUT2D eigenvalue weighted by Crippen LogP contribution is -2.23. The van der Waals surface area contributed by atoms with Crippen molar-refractivity contribution < 1.29 is 27.5 Å². The Kier molecular flexibility index (Phi) is 4.99. The topological polar surface area (TPSA) is 52.9 Å². The van der Waals surface area contributed by atoms with Crippen molar-refractivity contribution in [3.05, 3.63) is 48.2 Å². The molecular formula is C17H15F3N2O3S. The molecule has 0 amide bonds. The Morgan fingerprint density at radius 1 is 1.12 bits per heavy atom. The van der Waals surface area contributed by atoms with Gasteiger partial charge in [0.1, 0.15) is 11.5 Å². The van der Waals surface area contributed by atoms with Gasteiger partial charge >= 0.3 is 6.36 Å². The summed E-state index contributed by atoms with van der Waals surface area (Å²) in [7, 11) is 0. The van der Waals surface area contributed by atoms with Gasteiger partial charge in [-0.3, -0.25) is 0 Å². The van der Waals surface area contributed by atoms with E-state index in [0.29, 0.717) is 23.6 Å². The van der Waals surface area contributed by atoms with Gasteiger partial charge in [-0.05, 0) is 43.0 Å². The van der Waals surface area contributed by atoms with Crippen molar-refractivity contribution in [3.63, 3.8) is 0 Å². The van der Waals surface area contributed by atoms with E-state index in [9.17, 15) is 13.2 Å². The second-order valence-electron chi connectivity index (χ2n) is 5.69. The van der Waals surface area contributed by atoms with Gasteiger partial charge in [-0.2, -0.15) is 0 Å². The third-order valence-electron chi connectivity index (χ3n) is 3.69. The zero-order valence-corrected chi connectivity index (χ0v) is 14.7. The average Bonchev–Trinajstić information content (AvgIpc) is 2.97. The number of benzene rings is 1. The van der Waals surface area contributed by atoms with Crippen LogP contribution in [0.3, 0.4) is 0 Å². The smallest absolute Gasteiger partial charge is 0.438 e. The first-order chi connectivity index (χ1) is 12.3. The summed E-state index contributed by atoms with van der Waals surface area (Å²) in [4.78, 5) is 9.68. The summed E-state index contributed by atoms with van der Waals surface area (Å²) in [6.07, 6.45) is -0.877. The van der Waals surface area contributed by atoms with Gasteiger partial charge in [0.25, 0.3) is 0 Å². The molecule has 2 heterocycles. The number of nitrogens with zero attached hydrogens (tertiary/aromatic N) is 2. The van der Waals surface area contributed by atoms with Crippen LogP contribution >= 0.6 is 11.8 Å². The first-order valence-electron chi connectivity index (χ1n) is 7.57. The van der Waals surface area contributed by atoms with E-state index in [1.165, 1.54) is 36.0 Å². The van der Waals surface area contributed by atoms with E-state index in [2.05, 4.69) is 14.9 Å². The molecule has 2 aromatic rings. The Hall–Kier alpha value is -2.42. The molecule has 1 aliphatic heterocycles. The monoisotopic (exact) mass is 384 g/mol. The van der Waals surface area contributed by atoms with Crippen molar-refractivity contribution in [2.24, 2.45) is 5.16 Å². The Balaban J connectivity index is 1.65. The van der Waals surface area contributed by atoms with Gasteiger partial charge in [0.05, 0.1) is 17.6 Å². The lowest BCUT2D eigenvalue weighted by Gasteiger charge is -2.21. The SMILES string of the molecule is CSc1ccc(OC2=NO[C@](C)(c3ccc(OC(F)(F)F)cc3)C2)cn1. The molecule has 0 fully saturated rings. The van der Waals surface area contributed by atoms with E-state index in [4.69, 9.17) is 9.57 Å². The Morgan fingerprint density at radius 2 is 1.81 bits per heavy atom. The molecule has 1 aromatic heterocycles. The third kappa shape index (κ3) is 4.40. The molecule has 0 saturated heterocycles. The van der Waals surface area contributed by atoms with Crippen molar-refractivity contribution in [2.45, 2.75) is 30.3 Å². The van der Waals surface area contributed by atoms with Crippen molar-refractivity contribution in [2.75, 3.05) is 6.26 Å². The van der Waals surface area contributed by atoms with Crippen molar-refractivity contribution >= 4 is 17.7 Å². The molecule has 0 radical (unpaired) electrons. The number of aromatic nitrogens is 1. The maximum Gasteiger partial charge on any atom is 0.573 e. The molecule has 138 valence electrons. The van der Waals surface area contributed by atoms with Gasteiger partial charge in [-0.25, -0.2) is 4.98 Å². The molecule has 0 aliphatic carbocycles. The number of rotatable bonds is 4. The third-order valence-corrected chi connectivity index (χ3v) is 4.35. The lowest BCUT2D eigenvalue weighted by atomic mass is 9.93. The summed E-state index contributed by atoms with van der Waals surface area (Å²) in [5.74, 6) is 0.602. The normalized spacial score (nSPS) is 19.7. The molecular weight excluding hydrogens is 369 g/mol. The number of ether oxygens (including phenoxy) is 2. The molecule has 3 rings (SSSR count). The van der Waals surface area contributed by atoms with Crippen LogP contribution in [0.15, 0.2) is 52.8 Å². The predicted molar refractivity (Wildman–Crippen MR) is 90.3 cm³/mol. The van der Waals surface area contributed by atoms with Crippen molar-refractivity contribution in [3.8, 4) is 11.5 Å². The first-order valence-corrected chi connectivity index (χ1v) is 8.79. The minimum atomic E-state index is -4.72. The molecule has 1 aliphatic rings. The van der Waals surface area contributed by atoms with E-state index in [0.717, 1.165) is 5.03 Å². The van der Waals surface area contributed by atoms with Gasteiger partial charge in [-0.1, -0.05) is 17.3 Å². The van der Waals surface area contributed by atoms with Crippen LogP contribution in [-0.2, 0) is 10.4 Å². The van der Waals surface area contributed by atoms with Crippen LogP contribution in [0.2, 0.25) is 0 Å². The van der Waals surface area contributed by atoms with Gasteiger partial charge in [-0.15, -0.1) is 24.9 Å². The van der Waals surface area contributed by atoms with Crippen LogP contribution in [0, 0.1) is 0 Å². The highest BCUT2D eigenvalue weighted by atomic mass is 32.2. The summed E-state index contributed by atoms with van der Waals surface area (Å²) in [6.45, 7) is 1.78. The minimum absolute atomic E-state index is 0.291. The maximum atomic E-state index is 12.2. The number of hydrogen-bond donors (Lipinski definition) is 0. The number of hydrogen-bond acceptors (Lipinski definition) is 6. The summed E-state index contributed by atoms with van der Waals surface area (Å²) in [5, 5.41) is 4.80. The first kappa shape index (κ1) is 18.4. The molecule has 9 heteroatoms. The summed E-state index contributed by atoms with van der Waals surface area (Å²) in [5.41, 5.74) is -0.177. The van der Waals surface area contributed by atoms with Crippen LogP contribution in [0.1, 0.15) is 18.9 Å². The van der Waals surface area contributed by atoms with E-state index >= 15 is 0 Å². The largest absolute Gasteiger partial charge is 0.573 e. The molecule has 0 N–H and O–H groups in total. The Morgan fingerprint density at radius 3 is 2.38 bits per heavy atom. The van der Waals surface area contributed by atoms with Gasteiger partial charge < -0.3 is 14.3 Å². The molecule has 1 atom stereocenters. The summed E-state index contributed by atoms with van der Waals surface area (Å²) < 4.78 is 46.2. The van der Waals surface area contributed by atoms with Crippen LogP contribution in [0.25, 0.3) is 0 Å². The van der Waals surface area contributed by atoms with E-state index in [1.807, 2.05) is 12.3 Å². The fraction of sp³-hybridized carbons (Fsp3) is 0.294. The lowest BCUT2D eigenvalue weighted by molar-refractivity contribution is -0.274. The predicted octanol–water partition coefficient (Wildman–Crippen LogP) is 4.73. The van der Waals surface area contributed by atoms with Crippen LogP contribution in [0.4, 0.5) is 13.2 Å². The van der Waals surface area contributed by atoms with Gasteiger partial charge in [0.2, 0.25) is 5.90 Å². The number of alkyl halides is 3. The minimum Gasteiger partial charge on any atom is -0.438 e. The van der Waals surface area contributed by atoms with Crippen LogP contribution in [0.5, 0.6) is 11.5 Å².